The summed E-state index contributed by atoms with van der Waals surface area (Å²) in [6, 6.07) is 9.53. The van der Waals surface area contributed by atoms with E-state index in [2.05, 4.69) is 0 Å². The summed E-state index contributed by atoms with van der Waals surface area (Å²) in [5.41, 5.74) is 0.464. The summed E-state index contributed by atoms with van der Waals surface area (Å²) in [7, 11) is 1.58. The number of benzene rings is 2. The predicted molar refractivity (Wildman–Crippen MR) is 87.9 cm³/mol. The lowest BCUT2D eigenvalue weighted by atomic mass is 10.1. The first-order valence-corrected chi connectivity index (χ1v) is 7.41. The van der Waals surface area contributed by atoms with E-state index in [4.69, 9.17) is 14.2 Å². The molecule has 0 heterocycles. The maximum atomic E-state index is 12.1. The van der Waals surface area contributed by atoms with E-state index >= 15 is 0 Å². The lowest BCUT2D eigenvalue weighted by Crippen LogP contribution is -2.22. The number of carbonyl (C=O) groups is 1. The standard InChI is InChI=1S/C18H20O6/c1-11-8-13(19)9-16(20)17(11)18(21)23-10-12(2)24-15-6-4-14(22-3)5-7-15/h4-9,12,19-20H,10H2,1-3H3. The number of methoxy groups -OCH3 is 1. The summed E-state index contributed by atoms with van der Waals surface area (Å²) in [5.74, 6) is 0.247. The van der Waals surface area contributed by atoms with Gasteiger partial charge in [0.05, 0.1) is 7.11 Å². The maximum Gasteiger partial charge on any atom is 0.342 e. The van der Waals surface area contributed by atoms with Crippen molar-refractivity contribution in [3.63, 3.8) is 0 Å². The van der Waals surface area contributed by atoms with Crippen molar-refractivity contribution in [3.8, 4) is 23.0 Å². The smallest absolute Gasteiger partial charge is 0.342 e. The van der Waals surface area contributed by atoms with E-state index < -0.39 is 5.97 Å². The molecule has 24 heavy (non-hydrogen) atoms. The molecule has 6 nitrogen and oxygen atoms in total. The van der Waals surface area contributed by atoms with Crippen LogP contribution in [0.4, 0.5) is 0 Å². The number of rotatable bonds is 6. The number of hydrogen-bond acceptors (Lipinski definition) is 6. The van der Waals surface area contributed by atoms with Gasteiger partial charge in [-0.05, 0) is 49.7 Å². The van der Waals surface area contributed by atoms with Crippen LogP contribution in [0.2, 0.25) is 0 Å². The van der Waals surface area contributed by atoms with Crippen LogP contribution < -0.4 is 9.47 Å². The monoisotopic (exact) mass is 332 g/mol. The Bertz CT molecular complexity index is 685. The van der Waals surface area contributed by atoms with Crippen LogP contribution in [-0.4, -0.2) is 36.0 Å². The Morgan fingerprint density at radius 3 is 2.33 bits per heavy atom. The van der Waals surface area contributed by atoms with Gasteiger partial charge in [0, 0.05) is 6.07 Å². The molecule has 0 aromatic heterocycles. The van der Waals surface area contributed by atoms with Crippen molar-refractivity contribution in [2.75, 3.05) is 13.7 Å². The fourth-order valence-electron chi connectivity index (χ4n) is 2.20. The van der Waals surface area contributed by atoms with E-state index in [1.165, 1.54) is 6.07 Å². The topological polar surface area (TPSA) is 85.2 Å². The Morgan fingerprint density at radius 2 is 1.75 bits per heavy atom. The molecule has 2 rings (SSSR count). The average molecular weight is 332 g/mol. The van der Waals surface area contributed by atoms with Crippen molar-refractivity contribution >= 4 is 5.97 Å². The molecule has 0 radical (unpaired) electrons. The molecule has 2 aromatic rings. The van der Waals surface area contributed by atoms with Gasteiger partial charge in [0.2, 0.25) is 0 Å². The van der Waals surface area contributed by atoms with Gasteiger partial charge in [0.1, 0.15) is 41.3 Å². The molecule has 0 aliphatic carbocycles. The van der Waals surface area contributed by atoms with Crippen LogP contribution >= 0.6 is 0 Å². The third-order valence-corrected chi connectivity index (χ3v) is 3.35. The molecule has 1 atom stereocenters. The molecule has 0 aliphatic heterocycles. The highest BCUT2D eigenvalue weighted by Crippen LogP contribution is 2.27. The van der Waals surface area contributed by atoms with Crippen molar-refractivity contribution in [2.45, 2.75) is 20.0 Å². The van der Waals surface area contributed by atoms with Crippen LogP contribution in [0.15, 0.2) is 36.4 Å². The van der Waals surface area contributed by atoms with E-state index in [-0.39, 0.29) is 29.8 Å². The van der Waals surface area contributed by atoms with Gasteiger partial charge in [-0.3, -0.25) is 0 Å². The largest absolute Gasteiger partial charge is 0.508 e. The second-order valence-electron chi connectivity index (χ2n) is 5.36. The highest BCUT2D eigenvalue weighted by atomic mass is 16.6. The van der Waals surface area contributed by atoms with Crippen molar-refractivity contribution in [1.29, 1.82) is 0 Å². The third-order valence-electron chi connectivity index (χ3n) is 3.35. The van der Waals surface area contributed by atoms with E-state index in [0.717, 1.165) is 11.8 Å². The number of aryl methyl sites for hydroxylation is 1. The molecule has 0 saturated carbocycles. The van der Waals surface area contributed by atoms with Gasteiger partial charge in [0.15, 0.2) is 0 Å². The minimum Gasteiger partial charge on any atom is -0.508 e. The molecule has 6 heteroatoms. The molecule has 0 saturated heterocycles. The van der Waals surface area contributed by atoms with E-state index in [1.807, 2.05) is 0 Å². The predicted octanol–water partition coefficient (Wildman–Crippen LogP) is 3.04. The summed E-state index contributed by atoms with van der Waals surface area (Å²) < 4.78 is 15.9. The Balaban J connectivity index is 1.93. The van der Waals surface area contributed by atoms with Gasteiger partial charge in [-0.15, -0.1) is 0 Å². The van der Waals surface area contributed by atoms with Crippen LogP contribution in [0.1, 0.15) is 22.8 Å². The van der Waals surface area contributed by atoms with Crippen molar-refractivity contribution < 1.29 is 29.2 Å². The second kappa shape index (κ2) is 7.59. The number of phenols is 2. The van der Waals surface area contributed by atoms with E-state index in [0.29, 0.717) is 11.3 Å². The van der Waals surface area contributed by atoms with Gasteiger partial charge in [-0.2, -0.15) is 0 Å². The molecule has 128 valence electrons. The van der Waals surface area contributed by atoms with Crippen LogP contribution in [0.25, 0.3) is 0 Å². The summed E-state index contributed by atoms with van der Waals surface area (Å²) in [6.07, 6.45) is -0.373. The average Bonchev–Trinajstić information content (AvgIpc) is 2.52. The van der Waals surface area contributed by atoms with Gasteiger partial charge in [-0.25, -0.2) is 4.79 Å². The zero-order valence-electron chi connectivity index (χ0n) is 13.8. The minimum absolute atomic E-state index is 0.0185. The first kappa shape index (κ1) is 17.5. The second-order valence-corrected chi connectivity index (χ2v) is 5.36. The molecular formula is C18H20O6. The van der Waals surface area contributed by atoms with Gasteiger partial charge < -0.3 is 24.4 Å². The molecule has 0 amide bonds. The van der Waals surface area contributed by atoms with Crippen LogP contribution in [0.5, 0.6) is 23.0 Å². The summed E-state index contributed by atoms with van der Waals surface area (Å²) in [5, 5.41) is 19.2. The Morgan fingerprint density at radius 1 is 1.12 bits per heavy atom. The lowest BCUT2D eigenvalue weighted by Gasteiger charge is -2.16. The number of aromatic hydroxyl groups is 2. The van der Waals surface area contributed by atoms with Crippen LogP contribution in [0.3, 0.4) is 0 Å². The molecule has 1 unspecified atom stereocenters. The summed E-state index contributed by atoms with van der Waals surface area (Å²) in [6.45, 7) is 3.39. The fraction of sp³-hybridized carbons (Fsp3) is 0.278. The number of hydrogen-bond donors (Lipinski definition) is 2. The van der Waals surface area contributed by atoms with Gasteiger partial charge >= 0.3 is 5.97 Å². The van der Waals surface area contributed by atoms with E-state index in [1.54, 1.807) is 45.2 Å². The van der Waals surface area contributed by atoms with Crippen molar-refractivity contribution in [1.82, 2.24) is 0 Å². The molecule has 0 aliphatic rings. The first-order chi connectivity index (χ1) is 11.4. The molecule has 0 fully saturated rings. The van der Waals surface area contributed by atoms with Crippen LogP contribution in [-0.2, 0) is 4.74 Å². The fourth-order valence-corrected chi connectivity index (χ4v) is 2.20. The Hall–Kier alpha value is -2.89. The number of phenolic OH excluding ortho intramolecular Hbond substituents is 2. The quantitative estimate of drug-likeness (QED) is 0.791. The minimum atomic E-state index is -0.671. The highest BCUT2D eigenvalue weighted by Gasteiger charge is 2.18. The number of esters is 1. The maximum absolute atomic E-state index is 12.1. The SMILES string of the molecule is COc1ccc(OC(C)COC(=O)c2c(C)cc(O)cc2O)cc1. The molecule has 0 spiro atoms. The highest BCUT2D eigenvalue weighted by molar-refractivity contribution is 5.94. The zero-order valence-corrected chi connectivity index (χ0v) is 13.8. The Labute approximate surface area is 140 Å². The number of carbonyl (C=O) groups excluding carboxylic acids is 1. The van der Waals surface area contributed by atoms with Gasteiger partial charge in [-0.1, -0.05) is 0 Å². The normalized spacial score (nSPS) is 11.6. The van der Waals surface area contributed by atoms with Crippen molar-refractivity contribution in [2.24, 2.45) is 0 Å². The molecular weight excluding hydrogens is 312 g/mol. The summed E-state index contributed by atoms with van der Waals surface area (Å²) >= 11 is 0. The Kier molecular flexibility index (Phi) is 5.52. The number of ether oxygens (including phenoxy) is 3. The molecule has 0 bridgehead atoms. The van der Waals surface area contributed by atoms with Crippen molar-refractivity contribution in [3.05, 3.63) is 47.5 Å². The lowest BCUT2D eigenvalue weighted by molar-refractivity contribution is 0.0337. The summed E-state index contributed by atoms with van der Waals surface area (Å²) in [4.78, 5) is 12.1. The van der Waals surface area contributed by atoms with Crippen LogP contribution in [0, 0.1) is 6.92 Å². The van der Waals surface area contributed by atoms with E-state index in [9.17, 15) is 15.0 Å². The molecule has 2 aromatic carbocycles. The van der Waals surface area contributed by atoms with Gasteiger partial charge in [0.25, 0.3) is 0 Å². The first-order valence-electron chi connectivity index (χ1n) is 7.41. The molecule has 2 N–H and O–H groups in total. The zero-order chi connectivity index (χ0) is 17.7. The third kappa shape index (κ3) is 4.32.